The van der Waals surface area contributed by atoms with Crippen LogP contribution in [0.1, 0.15) is 22.3 Å². The highest BCUT2D eigenvalue weighted by molar-refractivity contribution is 6.07. The number of carbonyl (C=O) groups excluding carboxylic acids is 3. The molecule has 0 aromatic heterocycles. The summed E-state index contributed by atoms with van der Waals surface area (Å²) in [6.45, 7) is 0.324. The van der Waals surface area contributed by atoms with Gasteiger partial charge in [-0.3, -0.25) is 14.5 Å². The van der Waals surface area contributed by atoms with E-state index in [1.165, 1.54) is 12.0 Å². The highest BCUT2D eigenvalue weighted by Gasteiger charge is 2.38. The molecule has 0 unspecified atom stereocenters. The number of methoxy groups -OCH3 is 2. The van der Waals surface area contributed by atoms with Crippen molar-refractivity contribution in [2.75, 3.05) is 26.1 Å². The Kier molecular flexibility index (Phi) is 5.93. The average molecular weight is 382 g/mol. The van der Waals surface area contributed by atoms with Crippen LogP contribution in [0.4, 0.5) is 5.69 Å². The fraction of sp³-hybridized carbons (Fsp3) is 0.286. The van der Waals surface area contributed by atoms with Crippen molar-refractivity contribution >= 4 is 23.5 Å². The van der Waals surface area contributed by atoms with Gasteiger partial charge in [-0.05, 0) is 42.3 Å². The van der Waals surface area contributed by atoms with E-state index in [2.05, 4.69) is 5.32 Å². The zero-order valence-corrected chi connectivity index (χ0v) is 15.8. The number of likely N-dealkylation sites (tertiary alicyclic amines) is 1. The molecule has 1 atom stereocenters. The molecular weight excluding hydrogens is 360 g/mol. The van der Waals surface area contributed by atoms with Crippen molar-refractivity contribution in [3.63, 3.8) is 0 Å². The Bertz CT molecular complexity index is 879. The fourth-order valence-electron chi connectivity index (χ4n) is 3.12. The summed E-state index contributed by atoms with van der Waals surface area (Å²) < 4.78 is 9.83. The van der Waals surface area contributed by atoms with E-state index in [1.807, 2.05) is 24.3 Å². The molecule has 0 spiro atoms. The van der Waals surface area contributed by atoms with Crippen LogP contribution in [0.15, 0.2) is 48.5 Å². The van der Waals surface area contributed by atoms with Gasteiger partial charge < -0.3 is 14.8 Å². The standard InChI is InChI=1S/C21H22N2O5/c1-27-17-8-6-14(7-9-17)10-11-23-19(24)13-18(20(23)25)22-16-5-3-4-15(12-16)21(26)28-2/h3-9,12,18,22H,10-11,13H2,1-2H3/t18-/m1/s1. The van der Waals surface area contributed by atoms with Gasteiger partial charge in [-0.15, -0.1) is 0 Å². The molecule has 0 aliphatic carbocycles. The molecule has 2 aromatic rings. The molecule has 1 saturated heterocycles. The first-order valence-electron chi connectivity index (χ1n) is 8.94. The van der Waals surface area contributed by atoms with E-state index >= 15 is 0 Å². The number of benzene rings is 2. The van der Waals surface area contributed by atoms with Crippen LogP contribution < -0.4 is 10.1 Å². The van der Waals surface area contributed by atoms with Crippen molar-refractivity contribution in [2.24, 2.45) is 0 Å². The molecule has 1 aliphatic rings. The average Bonchev–Trinajstić information content (AvgIpc) is 2.99. The van der Waals surface area contributed by atoms with Crippen molar-refractivity contribution in [2.45, 2.75) is 18.9 Å². The Morgan fingerprint density at radius 3 is 2.57 bits per heavy atom. The third-order valence-electron chi connectivity index (χ3n) is 4.65. The molecule has 0 saturated carbocycles. The summed E-state index contributed by atoms with van der Waals surface area (Å²) in [6, 6.07) is 13.5. The number of ether oxygens (including phenoxy) is 2. The molecular formula is C21H22N2O5. The maximum atomic E-state index is 12.6. The fourth-order valence-corrected chi connectivity index (χ4v) is 3.12. The first-order chi connectivity index (χ1) is 13.5. The molecule has 28 heavy (non-hydrogen) atoms. The Balaban J connectivity index is 1.62. The molecule has 2 amide bonds. The zero-order chi connectivity index (χ0) is 20.1. The molecule has 2 aromatic carbocycles. The maximum absolute atomic E-state index is 12.6. The Labute approximate surface area is 163 Å². The second-order valence-corrected chi connectivity index (χ2v) is 6.46. The molecule has 7 nitrogen and oxygen atoms in total. The van der Waals surface area contributed by atoms with E-state index in [0.717, 1.165) is 11.3 Å². The predicted octanol–water partition coefficient (Wildman–Crippen LogP) is 2.26. The van der Waals surface area contributed by atoms with Crippen LogP contribution in [0.2, 0.25) is 0 Å². The number of carbonyl (C=O) groups is 3. The Morgan fingerprint density at radius 2 is 1.89 bits per heavy atom. The normalized spacial score (nSPS) is 16.2. The number of esters is 1. The number of nitrogens with one attached hydrogen (secondary N) is 1. The highest BCUT2D eigenvalue weighted by Crippen LogP contribution is 2.20. The molecule has 0 bridgehead atoms. The molecule has 7 heteroatoms. The number of hydrogen-bond acceptors (Lipinski definition) is 6. The molecule has 3 rings (SSSR count). The quantitative estimate of drug-likeness (QED) is 0.584. The zero-order valence-electron chi connectivity index (χ0n) is 15.8. The summed E-state index contributed by atoms with van der Waals surface area (Å²) in [5.74, 6) is -0.170. The summed E-state index contributed by atoms with van der Waals surface area (Å²) in [6.07, 6.45) is 0.663. The van der Waals surface area contributed by atoms with Gasteiger partial charge in [0.1, 0.15) is 11.8 Å². The van der Waals surface area contributed by atoms with E-state index < -0.39 is 12.0 Å². The molecule has 0 radical (unpaired) electrons. The van der Waals surface area contributed by atoms with Crippen molar-refractivity contribution in [3.8, 4) is 5.75 Å². The summed E-state index contributed by atoms with van der Waals surface area (Å²) in [7, 11) is 2.91. The molecule has 146 valence electrons. The SMILES string of the molecule is COC(=O)c1cccc(N[C@@H]2CC(=O)N(CCc3ccc(OC)cc3)C2=O)c1. The van der Waals surface area contributed by atoms with Gasteiger partial charge in [0.25, 0.3) is 5.91 Å². The van der Waals surface area contributed by atoms with E-state index in [-0.39, 0.29) is 18.2 Å². The Morgan fingerprint density at radius 1 is 1.14 bits per heavy atom. The third kappa shape index (κ3) is 4.31. The van der Waals surface area contributed by atoms with Crippen LogP contribution in [0.3, 0.4) is 0 Å². The number of amides is 2. The van der Waals surface area contributed by atoms with Gasteiger partial charge in [-0.25, -0.2) is 4.79 Å². The number of imide groups is 1. The van der Waals surface area contributed by atoms with Crippen molar-refractivity contribution in [1.29, 1.82) is 0 Å². The lowest BCUT2D eigenvalue weighted by Crippen LogP contribution is -2.36. The minimum Gasteiger partial charge on any atom is -0.497 e. The highest BCUT2D eigenvalue weighted by atomic mass is 16.5. The van der Waals surface area contributed by atoms with Gasteiger partial charge >= 0.3 is 5.97 Å². The monoisotopic (exact) mass is 382 g/mol. The second-order valence-electron chi connectivity index (χ2n) is 6.46. The summed E-state index contributed by atoms with van der Waals surface area (Å²) in [5, 5.41) is 3.05. The molecule has 1 fully saturated rings. The van der Waals surface area contributed by atoms with Crippen molar-refractivity contribution in [3.05, 3.63) is 59.7 Å². The smallest absolute Gasteiger partial charge is 0.337 e. The van der Waals surface area contributed by atoms with Crippen molar-refractivity contribution in [1.82, 2.24) is 4.90 Å². The minimum absolute atomic E-state index is 0.0872. The topological polar surface area (TPSA) is 84.9 Å². The lowest BCUT2D eigenvalue weighted by atomic mass is 10.1. The van der Waals surface area contributed by atoms with E-state index in [1.54, 1.807) is 31.4 Å². The van der Waals surface area contributed by atoms with Crippen LogP contribution in [-0.4, -0.2) is 49.5 Å². The number of anilines is 1. The molecule has 1 heterocycles. The largest absolute Gasteiger partial charge is 0.497 e. The number of nitrogens with zero attached hydrogens (tertiary/aromatic N) is 1. The summed E-state index contributed by atoms with van der Waals surface area (Å²) in [5.41, 5.74) is 1.98. The van der Waals surface area contributed by atoms with Crippen LogP contribution in [0, 0.1) is 0 Å². The lowest BCUT2D eigenvalue weighted by molar-refractivity contribution is -0.138. The summed E-state index contributed by atoms with van der Waals surface area (Å²) in [4.78, 5) is 37.9. The predicted molar refractivity (Wildman–Crippen MR) is 103 cm³/mol. The maximum Gasteiger partial charge on any atom is 0.337 e. The first-order valence-corrected chi connectivity index (χ1v) is 8.94. The Hall–Kier alpha value is -3.35. The van der Waals surface area contributed by atoms with E-state index in [0.29, 0.717) is 24.2 Å². The van der Waals surface area contributed by atoms with Gasteiger partial charge in [-0.1, -0.05) is 18.2 Å². The van der Waals surface area contributed by atoms with Gasteiger partial charge in [0, 0.05) is 12.2 Å². The third-order valence-corrected chi connectivity index (χ3v) is 4.65. The van der Waals surface area contributed by atoms with Crippen molar-refractivity contribution < 1.29 is 23.9 Å². The second kappa shape index (κ2) is 8.56. The van der Waals surface area contributed by atoms with Crippen LogP contribution >= 0.6 is 0 Å². The van der Waals surface area contributed by atoms with Gasteiger partial charge in [0.05, 0.1) is 26.2 Å². The van der Waals surface area contributed by atoms with Gasteiger partial charge in [0.15, 0.2) is 0 Å². The summed E-state index contributed by atoms with van der Waals surface area (Å²) >= 11 is 0. The van der Waals surface area contributed by atoms with Gasteiger partial charge in [-0.2, -0.15) is 0 Å². The minimum atomic E-state index is -0.642. The molecule has 1 aliphatic heterocycles. The van der Waals surface area contributed by atoms with Crippen LogP contribution in [0.25, 0.3) is 0 Å². The van der Waals surface area contributed by atoms with Crippen LogP contribution in [-0.2, 0) is 20.7 Å². The lowest BCUT2D eigenvalue weighted by Gasteiger charge is -2.16. The van der Waals surface area contributed by atoms with Gasteiger partial charge in [0.2, 0.25) is 5.91 Å². The van der Waals surface area contributed by atoms with E-state index in [9.17, 15) is 14.4 Å². The van der Waals surface area contributed by atoms with E-state index in [4.69, 9.17) is 9.47 Å². The first kappa shape index (κ1) is 19.4. The number of rotatable bonds is 7. The number of hydrogen-bond donors (Lipinski definition) is 1. The van der Waals surface area contributed by atoms with Crippen LogP contribution in [0.5, 0.6) is 5.75 Å². The molecule has 1 N–H and O–H groups in total.